The van der Waals surface area contributed by atoms with Gasteiger partial charge in [0.25, 0.3) is 0 Å². The smallest absolute Gasteiger partial charge is 0.344 e. The van der Waals surface area contributed by atoms with Crippen molar-refractivity contribution in [2.45, 2.75) is 403 Å². The normalized spacial score (nSPS) is 32.9. The van der Waals surface area contributed by atoms with Gasteiger partial charge in [-0.1, -0.05) is 115 Å². The molecule has 0 N–H and O–H groups in total. The summed E-state index contributed by atoms with van der Waals surface area (Å²) < 4.78 is 46.4. The minimum absolute atomic E-state index is 0. The summed E-state index contributed by atoms with van der Waals surface area (Å²) in [4.78, 5) is 99.2. The third kappa shape index (κ3) is 22.5. The van der Waals surface area contributed by atoms with Crippen molar-refractivity contribution in [3.8, 4) is 0 Å². The van der Waals surface area contributed by atoms with Crippen molar-refractivity contribution in [3.63, 3.8) is 0 Å². The lowest BCUT2D eigenvalue weighted by Crippen LogP contribution is -2.58. The summed E-state index contributed by atoms with van der Waals surface area (Å²) in [6.45, 7) is 27.4. The lowest BCUT2D eigenvalue weighted by atomic mass is 9.50. The highest BCUT2D eigenvalue weighted by atomic mass is 16.6. The first-order valence-corrected chi connectivity index (χ1v) is 38.6. The molecule has 0 radical (unpaired) electrons. The summed E-state index contributed by atoms with van der Waals surface area (Å²) in [6, 6.07) is 0. The fourth-order valence-corrected chi connectivity index (χ4v) is 19.6. The maximum Gasteiger partial charge on any atom is 0.344 e. The summed E-state index contributed by atoms with van der Waals surface area (Å²) in [6.07, 6.45) is 32.2. The van der Waals surface area contributed by atoms with Gasteiger partial charge in [-0.2, -0.15) is 0 Å². The molecule has 14 unspecified atom stereocenters. The Morgan fingerprint density at radius 3 is 1.04 bits per heavy atom. The monoisotopic (exact) mass is 1460 g/mol. The van der Waals surface area contributed by atoms with E-state index in [2.05, 4.69) is 27.7 Å². The zero-order valence-electron chi connectivity index (χ0n) is 61.3. The van der Waals surface area contributed by atoms with Crippen molar-refractivity contribution in [3.05, 3.63) is 0 Å². The molecule has 10 bridgehead atoms. The van der Waals surface area contributed by atoms with Crippen molar-refractivity contribution in [2.75, 3.05) is 6.61 Å². The van der Waals surface area contributed by atoms with Crippen LogP contribution in [0.15, 0.2) is 0 Å². The number of hydrogen-bond acceptors (Lipinski definition) is 16. The van der Waals surface area contributed by atoms with Gasteiger partial charge in [0.15, 0.2) is 6.61 Å². The first kappa shape index (κ1) is 96.8. The predicted molar refractivity (Wildman–Crippen MR) is 414 cm³/mol. The van der Waals surface area contributed by atoms with Crippen molar-refractivity contribution in [2.24, 2.45) is 99.6 Å². The van der Waals surface area contributed by atoms with Gasteiger partial charge in [-0.3, -0.25) is 33.6 Å². The van der Waals surface area contributed by atoms with Gasteiger partial charge in [0.1, 0.15) is 40.7 Å². The molecule has 0 aromatic heterocycles. The summed E-state index contributed by atoms with van der Waals surface area (Å²) in [5, 5.41) is 0. The molecule has 13 rings (SSSR count). The van der Waals surface area contributed by atoms with Gasteiger partial charge in [-0.25, -0.2) is 4.79 Å². The standard InChI is InChI=1S/C21H34O4.C20H32O4.2C19H30O4.8CH4/c1-5-20(3,4)19(23)24-17-13-14-11-15(17)16(12-14)18(22)25-21(6-2)9-7-8-10-21;1-4-13(3)18(21)23-17-12-14-10-15(17)16(11-14)19(22)24-20(5-2)8-6-7-9-20;1-5-18(2,3)17(21)22-11-16(20)23-19(4)14-7-12-6-13(9-14)10-15(19)8-12;1-4-12(2)17(20)22-16-11-13-9-14(16)15(10-13)18(21)23-19(3)7-5-6-8-19;;;;;;;;/h14-17H,5-13H2,1-4H3;13-17H,4-12H2,1-3H3;12-15H,5-11H2,1-4H3;12-16H,4-11H2,1-3H3;8*1H4. The molecule has 16 nitrogen and oxygen atoms in total. The number of fused-ring (bicyclic) bond motifs is 6. The highest BCUT2D eigenvalue weighted by Gasteiger charge is 2.59. The largest absolute Gasteiger partial charge is 0.462 e. The summed E-state index contributed by atoms with van der Waals surface area (Å²) >= 11 is 0. The highest BCUT2D eigenvalue weighted by Crippen LogP contribution is 2.60. The Hall–Kier alpha value is -4.24. The lowest BCUT2D eigenvalue weighted by Gasteiger charge is -2.59. The van der Waals surface area contributed by atoms with E-state index in [0.29, 0.717) is 36.0 Å². The van der Waals surface area contributed by atoms with Crippen LogP contribution in [0.2, 0.25) is 0 Å². The molecule has 0 aromatic rings. The maximum atomic E-state index is 12.9. The van der Waals surface area contributed by atoms with Gasteiger partial charge >= 0.3 is 47.8 Å². The zero-order chi connectivity index (χ0) is 69.0. The van der Waals surface area contributed by atoms with E-state index in [1.54, 1.807) is 0 Å². The zero-order valence-corrected chi connectivity index (χ0v) is 61.3. The van der Waals surface area contributed by atoms with Crippen LogP contribution in [0, 0.1) is 99.6 Å². The third-order valence-corrected chi connectivity index (χ3v) is 27.2. The molecule has 0 aromatic carbocycles. The fraction of sp³-hybridized carbons (Fsp3) is 0.908. The van der Waals surface area contributed by atoms with Crippen molar-refractivity contribution >= 4 is 47.8 Å². The molecule has 0 aliphatic heterocycles. The molecule has 13 aliphatic rings. The minimum Gasteiger partial charge on any atom is -0.462 e. The Morgan fingerprint density at radius 1 is 0.388 bits per heavy atom. The number of rotatable bonds is 22. The Balaban J connectivity index is 0.000000670. The summed E-state index contributed by atoms with van der Waals surface area (Å²) in [5.41, 5.74) is -2.06. The number of esters is 8. The Bertz CT molecular complexity index is 2650. The van der Waals surface area contributed by atoms with Crippen LogP contribution in [0.3, 0.4) is 0 Å². The summed E-state index contributed by atoms with van der Waals surface area (Å²) in [5.74, 6) is 3.20. The second-order valence-electron chi connectivity index (χ2n) is 34.5. The van der Waals surface area contributed by atoms with E-state index in [1.165, 1.54) is 32.1 Å². The van der Waals surface area contributed by atoms with Gasteiger partial charge in [0.2, 0.25) is 0 Å². The first-order chi connectivity index (χ1) is 44.9. The van der Waals surface area contributed by atoms with E-state index >= 15 is 0 Å². The molecular weight excluding hydrogens is 1300 g/mol. The molecule has 602 valence electrons. The van der Waals surface area contributed by atoms with Crippen LogP contribution in [0.4, 0.5) is 0 Å². The maximum absolute atomic E-state index is 12.9. The lowest BCUT2D eigenvalue weighted by molar-refractivity contribution is -0.208. The Morgan fingerprint density at radius 2 is 0.709 bits per heavy atom. The van der Waals surface area contributed by atoms with Crippen LogP contribution in [-0.4, -0.2) is 95.1 Å². The van der Waals surface area contributed by atoms with E-state index < -0.39 is 10.8 Å². The molecule has 0 heterocycles. The Labute approximate surface area is 629 Å². The van der Waals surface area contributed by atoms with Gasteiger partial charge in [0, 0.05) is 17.8 Å². The van der Waals surface area contributed by atoms with E-state index in [1.807, 2.05) is 69.2 Å². The second kappa shape index (κ2) is 40.3. The van der Waals surface area contributed by atoms with Gasteiger partial charge < -0.3 is 37.9 Å². The quantitative estimate of drug-likeness (QED) is 0.0729. The molecule has 0 saturated heterocycles. The summed E-state index contributed by atoms with van der Waals surface area (Å²) in [7, 11) is 0. The molecule has 13 aliphatic carbocycles. The van der Waals surface area contributed by atoms with Crippen LogP contribution in [-0.2, 0) is 76.3 Å². The molecule has 103 heavy (non-hydrogen) atoms. The van der Waals surface area contributed by atoms with Crippen LogP contribution < -0.4 is 0 Å². The second-order valence-corrected chi connectivity index (χ2v) is 34.5. The third-order valence-electron chi connectivity index (χ3n) is 27.2. The molecule has 0 spiro atoms. The van der Waals surface area contributed by atoms with E-state index in [0.717, 1.165) is 179 Å². The number of carbonyl (C=O) groups excluding carboxylic acids is 8. The number of ether oxygens (including phenoxy) is 8. The van der Waals surface area contributed by atoms with Crippen molar-refractivity contribution in [1.82, 2.24) is 0 Å². The molecule has 0 amide bonds. The van der Waals surface area contributed by atoms with Gasteiger partial charge in [-0.05, 0) is 288 Å². The first-order valence-electron chi connectivity index (χ1n) is 38.6. The molecule has 13 saturated carbocycles. The van der Waals surface area contributed by atoms with E-state index in [9.17, 15) is 38.4 Å². The van der Waals surface area contributed by atoms with Crippen LogP contribution in [0.25, 0.3) is 0 Å². The number of hydrogen-bond donors (Lipinski definition) is 0. The minimum atomic E-state index is -0.549. The molecular formula is C87H158O16. The number of carbonyl (C=O) groups is 8. The molecule has 16 heteroatoms. The highest BCUT2D eigenvalue weighted by molar-refractivity contribution is 5.80. The van der Waals surface area contributed by atoms with E-state index in [4.69, 9.17) is 37.9 Å². The predicted octanol–water partition coefficient (Wildman–Crippen LogP) is 21.6. The Kier molecular flexibility index (Phi) is 37.8. The average Bonchev–Trinajstić information content (AvgIpc) is 1.73. The average molecular weight is 1460 g/mol. The fourth-order valence-electron chi connectivity index (χ4n) is 19.6. The SMILES string of the molecule is C.C.C.C.C.C.C.C.CCC(C)(C)C(=O)OCC(=O)OC1(C)C2CC3CC(C2)CC1C3.CCC(C)C(=O)OC1CC2CC(C(=O)OC3(C)CCCC3)C1C2.CCC(C)C(=O)OC1CC2CC(C(=O)OC3(CC)CCCC3)C1C2.CCC1(OC(=O)C2CC3CC(OC(=O)C(C)(C)CC)C2C3)CCCC1. The van der Waals surface area contributed by atoms with Crippen molar-refractivity contribution < 1.29 is 76.3 Å². The molecule has 14 atom stereocenters. The topological polar surface area (TPSA) is 210 Å². The van der Waals surface area contributed by atoms with Gasteiger partial charge in [0.05, 0.1) is 40.4 Å². The van der Waals surface area contributed by atoms with Crippen molar-refractivity contribution in [1.29, 1.82) is 0 Å². The van der Waals surface area contributed by atoms with Crippen LogP contribution >= 0.6 is 0 Å². The van der Waals surface area contributed by atoms with Crippen LogP contribution in [0.1, 0.15) is 362 Å². The van der Waals surface area contributed by atoms with E-state index in [-0.39, 0.29) is 202 Å². The van der Waals surface area contributed by atoms with Gasteiger partial charge in [-0.15, -0.1) is 0 Å². The molecule has 13 fully saturated rings. The van der Waals surface area contributed by atoms with Crippen LogP contribution in [0.5, 0.6) is 0 Å².